The van der Waals surface area contributed by atoms with Gasteiger partial charge in [-0.25, -0.2) is 9.59 Å². The highest BCUT2D eigenvalue weighted by molar-refractivity contribution is 6.21. The highest BCUT2D eigenvalue weighted by Crippen LogP contribution is 2.30. The second kappa shape index (κ2) is 7.82. The van der Waals surface area contributed by atoms with Gasteiger partial charge in [-0.05, 0) is 24.6 Å². The van der Waals surface area contributed by atoms with E-state index in [-0.39, 0.29) is 24.4 Å². The zero-order chi connectivity index (χ0) is 21.3. The van der Waals surface area contributed by atoms with E-state index >= 15 is 0 Å². The van der Waals surface area contributed by atoms with Crippen LogP contribution in [-0.4, -0.2) is 41.9 Å². The van der Waals surface area contributed by atoms with Gasteiger partial charge in [0.25, 0.3) is 11.8 Å². The van der Waals surface area contributed by atoms with Crippen LogP contribution in [0.1, 0.15) is 39.2 Å². The number of hydrogen-bond donors (Lipinski definition) is 2. The molecular formula is C22H19N3O5. The number of ether oxygens (including phenoxy) is 1. The Morgan fingerprint density at radius 3 is 2.17 bits per heavy atom. The lowest BCUT2D eigenvalue weighted by Gasteiger charge is -2.30. The molecule has 8 heteroatoms. The summed E-state index contributed by atoms with van der Waals surface area (Å²) in [7, 11) is 0. The van der Waals surface area contributed by atoms with Gasteiger partial charge in [0.05, 0.1) is 41.6 Å². The van der Waals surface area contributed by atoms with Gasteiger partial charge in [0.1, 0.15) is 0 Å². The van der Waals surface area contributed by atoms with Crippen molar-refractivity contribution in [2.45, 2.75) is 13.0 Å². The predicted molar refractivity (Wildman–Crippen MR) is 106 cm³/mol. The topological polar surface area (TPSA) is 105 Å². The van der Waals surface area contributed by atoms with E-state index in [1.807, 2.05) is 6.07 Å². The highest BCUT2D eigenvalue weighted by atomic mass is 16.5. The van der Waals surface area contributed by atoms with Gasteiger partial charge in [-0.2, -0.15) is 0 Å². The van der Waals surface area contributed by atoms with Gasteiger partial charge < -0.3 is 15.4 Å². The van der Waals surface area contributed by atoms with Crippen molar-refractivity contribution in [1.29, 1.82) is 0 Å². The van der Waals surface area contributed by atoms with Crippen molar-refractivity contribution in [1.82, 2.24) is 15.5 Å². The van der Waals surface area contributed by atoms with Gasteiger partial charge in [-0.1, -0.05) is 42.5 Å². The van der Waals surface area contributed by atoms with E-state index in [0.717, 1.165) is 4.90 Å². The third kappa shape index (κ3) is 3.32. The number of nitrogens with zero attached hydrogens (tertiary/aromatic N) is 1. The van der Waals surface area contributed by atoms with Crippen LogP contribution < -0.4 is 10.6 Å². The Morgan fingerprint density at radius 1 is 0.967 bits per heavy atom. The van der Waals surface area contributed by atoms with Gasteiger partial charge in [-0.3, -0.25) is 14.5 Å². The number of amides is 4. The SMILES string of the molecule is CCOC(=O)C1=C(CN2C(=O)c3ccccc3C2=O)NC(=O)N[C@@H]1c1ccccc1. The Bertz CT molecular complexity index is 1040. The van der Waals surface area contributed by atoms with E-state index in [1.165, 1.54) is 0 Å². The van der Waals surface area contributed by atoms with E-state index < -0.39 is 29.9 Å². The van der Waals surface area contributed by atoms with Gasteiger partial charge in [-0.15, -0.1) is 0 Å². The number of carbonyl (C=O) groups is 4. The van der Waals surface area contributed by atoms with Crippen molar-refractivity contribution in [3.8, 4) is 0 Å². The summed E-state index contributed by atoms with van der Waals surface area (Å²) in [4.78, 5) is 51.7. The lowest BCUT2D eigenvalue weighted by atomic mass is 9.95. The van der Waals surface area contributed by atoms with Crippen molar-refractivity contribution >= 4 is 23.8 Å². The lowest BCUT2D eigenvalue weighted by molar-refractivity contribution is -0.139. The molecule has 2 aliphatic rings. The summed E-state index contributed by atoms with van der Waals surface area (Å²) in [6.07, 6.45) is 0. The van der Waals surface area contributed by atoms with Gasteiger partial charge in [0, 0.05) is 0 Å². The van der Waals surface area contributed by atoms with Crippen LogP contribution in [-0.2, 0) is 9.53 Å². The largest absolute Gasteiger partial charge is 0.463 e. The number of carbonyl (C=O) groups excluding carboxylic acids is 4. The second-order valence-corrected chi connectivity index (χ2v) is 6.80. The zero-order valence-corrected chi connectivity index (χ0v) is 16.2. The van der Waals surface area contributed by atoms with Crippen molar-refractivity contribution in [2.75, 3.05) is 13.2 Å². The molecule has 4 amide bonds. The van der Waals surface area contributed by atoms with Crippen LogP contribution in [0.2, 0.25) is 0 Å². The van der Waals surface area contributed by atoms with Gasteiger partial charge in [0.15, 0.2) is 0 Å². The van der Waals surface area contributed by atoms with E-state index in [0.29, 0.717) is 16.7 Å². The molecule has 0 saturated carbocycles. The van der Waals surface area contributed by atoms with Crippen LogP contribution in [0.4, 0.5) is 4.79 Å². The number of rotatable bonds is 5. The summed E-state index contributed by atoms with van der Waals surface area (Å²) in [5.74, 6) is -1.59. The van der Waals surface area contributed by atoms with Crippen molar-refractivity contribution in [3.63, 3.8) is 0 Å². The fraction of sp³-hybridized carbons (Fsp3) is 0.182. The Morgan fingerprint density at radius 2 is 1.57 bits per heavy atom. The predicted octanol–water partition coefficient (Wildman–Crippen LogP) is 2.15. The molecule has 2 N–H and O–H groups in total. The minimum absolute atomic E-state index is 0.137. The fourth-order valence-corrected chi connectivity index (χ4v) is 3.63. The van der Waals surface area contributed by atoms with Gasteiger partial charge in [0.2, 0.25) is 0 Å². The number of urea groups is 1. The number of fused-ring (bicyclic) bond motifs is 1. The summed E-state index contributed by atoms with van der Waals surface area (Å²) in [5, 5.41) is 5.30. The Kier molecular flexibility index (Phi) is 5.05. The molecular weight excluding hydrogens is 386 g/mol. The maximum atomic E-state index is 12.8. The molecule has 0 unspecified atom stereocenters. The summed E-state index contributed by atoms with van der Waals surface area (Å²) in [6.45, 7) is 1.56. The number of benzene rings is 2. The molecule has 0 spiro atoms. The normalized spacial score (nSPS) is 18.1. The zero-order valence-electron chi connectivity index (χ0n) is 16.2. The van der Waals surface area contributed by atoms with Crippen LogP contribution >= 0.6 is 0 Å². The summed E-state index contributed by atoms with van der Waals surface area (Å²) in [5.41, 5.74) is 1.57. The molecule has 0 radical (unpaired) electrons. The van der Waals surface area contributed by atoms with E-state index in [2.05, 4.69) is 10.6 Å². The smallest absolute Gasteiger partial charge is 0.338 e. The molecule has 0 saturated heterocycles. The van der Waals surface area contributed by atoms with Crippen molar-refractivity contribution in [2.24, 2.45) is 0 Å². The average molecular weight is 405 g/mol. The Balaban J connectivity index is 1.76. The standard InChI is InChI=1S/C22H19N3O5/c1-2-30-21(28)17-16(23-22(29)24-18(17)13-8-4-3-5-9-13)12-25-19(26)14-10-6-7-11-15(14)20(25)27/h3-11,18H,2,12H2,1H3,(H2,23,24,29)/t18-/m1/s1. The average Bonchev–Trinajstić information content (AvgIpc) is 2.99. The van der Waals surface area contributed by atoms with Crippen LogP contribution in [0.15, 0.2) is 65.9 Å². The molecule has 2 aromatic carbocycles. The summed E-state index contributed by atoms with van der Waals surface area (Å²) < 4.78 is 5.20. The number of nitrogens with one attached hydrogen (secondary N) is 2. The van der Waals surface area contributed by atoms with E-state index in [9.17, 15) is 19.2 Å². The van der Waals surface area contributed by atoms with E-state index in [1.54, 1.807) is 55.5 Å². The van der Waals surface area contributed by atoms with Crippen LogP contribution in [0.5, 0.6) is 0 Å². The Hall–Kier alpha value is -3.94. The molecule has 2 heterocycles. The third-order valence-corrected chi connectivity index (χ3v) is 4.98. The monoisotopic (exact) mass is 405 g/mol. The minimum Gasteiger partial charge on any atom is -0.463 e. The molecule has 0 aromatic heterocycles. The molecule has 2 aliphatic heterocycles. The molecule has 30 heavy (non-hydrogen) atoms. The quantitative estimate of drug-likeness (QED) is 0.586. The Labute approximate surface area is 172 Å². The van der Waals surface area contributed by atoms with Crippen molar-refractivity contribution < 1.29 is 23.9 Å². The molecule has 1 atom stereocenters. The maximum Gasteiger partial charge on any atom is 0.338 e. The van der Waals surface area contributed by atoms with Crippen LogP contribution in [0.25, 0.3) is 0 Å². The minimum atomic E-state index is -0.774. The first-order valence-electron chi connectivity index (χ1n) is 9.49. The lowest BCUT2D eigenvalue weighted by Crippen LogP contribution is -2.49. The fourth-order valence-electron chi connectivity index (χ4n) is 3.63. The molecule has 2 aromatic rings. The summed E-state index contributed by atoms with van der Waals surface area (Å²) in [6, 6.07) is 14.1. The molecule has 4 rings (SSSR count). The highest BCUT2D eigenvalue weighted by Gasteiger charge is 2.39. The number of esters is 1. The van der Waals surface area contributed by atoms with Crippen LogP contribution in [0.3, 0.4) is 0 Å². The van der Waals surface area contributed by atoms with Crippen LogP contribution in [0, 0.1) is 0 Å². The summed E-state index contributed by atoms with van der Waals surface area (Å²) >= 11 is 0. The number of hydrogen-bond acceptors (Lipinski definition) is 5. The number of imide groups is 1. The first-order valence-corrected chi connectivity index (χ1v) is 9.49. The third-order valence-electron chi connectivity index (χ3n) is 4.98. The van der Waals surface area contributed by atoms with E-state index in [4.69, 9.17) is 4.74 Å². The van der Waals surface area contributed by atoms with Crippen molar-refractivity contribution in [3.05, 3.63) is 82.6 Å². The molecule has 8 nitrogen and oxygen atoms in total. The van der Waals surface area contributed by atoms with Gasteiger partial charge >= 0.3 is 12.0 Å². The first kappa shape index (κ1) is 19.4. The maximum absolute atomic E-state index is 12.8. The molecule has 152 valence electrons. The second-order valence-electron chi connectivity index (χ2n) is 6.80. The molecule has 0 fully saturated rings. The molecule has 0 bridgehead atoms. The first-order chi connectivity index (χ1) is 14.5. The molecule has 0 aliphatic carbocycles.